The second-order valence-electron chi connectivity index (χ2n) is 4.07. The van der Waals surface area contributed by atoms with Crippen molar-refractivity contribution in [3.63, 3.8) is 0 Å². The molecule has 2 aromatic rings. The predicted octanol–water partition coefficient (Wildman–Crippen LogP) is -0.0290. The van der Waals surface area contributed by atoms with Crippen LogP contribution in [0.5, 0.6) is 0 Å². The number of nitro groups is 1. The first-order valence-electron chi connectivity index (χ1n) is 5.99. The van der Waals surface area contributed by atoms with Crippen molar-refractivity contribution < 1.29 is 9.72 Å². The van der Waals surface area contributed by atoms with Crippen LogP contribution in [0, 0.1) is 10.1 Å². The molecule has 21 heavy (non-hydrogen) atoms. The van der Waals surface area contributed by atoms with Gasteiger partial charge in [0, 0.05) is 24.6 Å². The number of nitrogens with zero attached hydrogens (tertiary/aromatic N) is 3. The highest BCUT2D eigenvalue weighted by Crippen LogP contribution is 2.24. The molecule has 1 amide bonds. The predicted molar refractivity (Wildman–Crippen MR) is 73.3 cm³/mol. The third-order valence-electron chi connectivity index (χ3n) is 2.72. The minimum atomic E-state index is -0.611. The first kappa shape index (κ1) is 14.4. The molecule has 0 radical (unpaired) electrons. The summed E-state index contributed by atoms with van der Waals surface area (Å²) in [5, 5.41) is 19.9. The highest BCUT2D eigenvalue weighted by molar-refractivity contribution is 5.95. The van der Waals surface area contributed by atoms with Gasteiger partial charge in [0.05, 0.1) is 4.92 Å². The smallest absolute Gasteiger partial charge is 0.294 e. The zero-order chi connectivity index (χ0) is 15.2. The Balaban J connectivity index is 2.01. The van der Waals surface area contributed by atoms with E-state index in [1.165, 1.54) is 24.5 Å². The Morgan fingerprint density at radius 1 is 1.48 bits per heavy atom. The molecule has 0 spiro atoms. The number of H-pyrrole nitrogens is 1. The van der Waals surface area contributed by atoms with Gasteiger partial charge in [0.1, 0.15) is 17.8 Å². The minimum Gasteiger partial charge on any atom is -0.352 e. The van der Waals surface area contributed by atoms with Gasteiger partial charge >= 0.3 is 0 Å². The van der Waals surface area contributed by atoms with E-state index in [0.29, 0.717) is 18.8 Å². The molecule has 0 atom stereocenters. The second kappa shape index (κ2) is 6.43. The Bertz CT molecular complexity index is 641. The van der Waals surface area contributed by atoms with Gasteiger partial charge in [-0.15, -0.1) is 0 Å². The van der Waals surface area contributed by atoms with Crippen LogP contribution in [0.1, 0.15) is 16.2 Å². The molecule has 5 N–H and O–H groups in total. The summed E-state index contributed by atoms with van der Waals surface area (Å²) in [6.07, 6.45) is 1.86. The Hall–Kier alpha value is -3.01. The molecular weight excluding hydrogens is 278 g/mol. The number of aromatic amines is 1. The summed E-state index contributed by atoms with van der Waals surface area (Å²) < 4.78 is 0. The van der Waals surface area contributed by atoms with Crippen molar-refractivity contribution in [2.45, 2.75) is 6.42 Å². The monoisotopic (exact) mass is 291 g/mol. The van der Waals surface area contributed by atoms with Gasteiger partial charge in [0.15, 0.2) is 0 Å². The number of nitrogens with one attached hydrogen (secondary N) is 3. The first-order valence-corrected chi connectivity index (χ1v) is 5.99. The van der Waals surface area contributed by atoms with Crippen LogP contribution >= 0.6 is 0 Å². The normalized spacial score (nSPS) is 10.1. The summed E-state index contributed by atoms with van der Waals surface area (Å²) in [5.41, 5.74) is 2.26. The number of nitrogen functional groups attached to an aromatic ring is 1. The van der Waals surface area contributed by atoms with Crippen LogP contribution < -0.4 is 16.6 Å². The fourth-order valence-electron chi connectivity index (χ4n) is 1.69. The molecule has 1 heterocycles. The SMILES string of the molecule is NNc1ccc(C(=O)NCCc2ncn[nH]2)cc1[N+](=O)[O-]. The summed E-state index contributed by atoms with van der Waals surface area (Å²) in [6.45, 7) is 0.332. The quantitative estimate of drug-likeness (QED) is 0.331. The van der Waals surface area contributed by atoms with E-state index in [9.17, 15) is 14.9 Å². The number of benzene rings is 1. The lowest BCUT2D eigenvalue weighted by molar-refractivity contribution is -0.384. The van der Waals surface area contributed by atoms with E-state index < -0.39 is 10.8 Å². The summed E-state index contributed by atoms with van der Waals surface area (Å²) in [7, 11) is 0. The molecule has 0 aliphatic carbocycles. The van der Waals surface area contributed by atoms with Crippen LogP contribution in [0.3, 0.4) is 0 Å². The highest BCUT2D eigenvalue weighted by atomic mass is 16.6. The standard InChI is InChI=1S/C11H13N7O3/c12-16-8-2-1-7(5-9(8)18(20)21)11(19)13-4-3-10-14-6-15-17-10/h1-2,5-6,16H,3-4,12H2,(H,13,19)(H,14,15,17). The molecule has 0 aliphatic heterocycles. The molecule has 10 heteroatoms. The average Bonchev–Trinajstić information content (AvgIpc) is 2.99. The minimum absolute atomic E-state index is 0.137. The van der Waals surface area contributed by atoms with Crippen LogP contribution in [0.15, 0.2) is 24.5 Å². The number of hydrogen-bond acceptors (Lipinski definition) is 7. The fraction of sp³-hybridized carbons (Fsp3) is 0.182. The molecule has 0 bridgehead atoms. The largest absolute Gasteiger partial charge is 0.352 e. The molecular formula is C11H13N7O3. The van der Waals surface area contributed by atoms with E-state index in [4.69, 9.17) is 5.84 Å². The van der Waals surface area contributed by atoms with Crippen molar-refractivity contribution in [3.05, 3.63) is 46.0 Å². The molecule has 0 aliphatic rings. The number of rotatable bonds is 6. The molecule has 0 fully saturated rings. The van der Waals surface area contributed by atoms with Crippen molar-refractivity contribution in [3.8, 4) is 0 Å². The topological polar surface area (TPSA) is 152 Å². The lowest BCUT2D eigenvalue weighted by atomic mass is 10.1. The maximum atomic E-state index is 11.9. The molecule has 1 aromatic carbocycles. The zero-order valence-corrected chi connectivity index (χ0v) is 10.9. The molecule has 0 saturated carbocycles. The highest BCUT2D eigenvalue weighted by Gasteiger charge is 2.16. The van der Waals surface area contributed by atoms with E-state index in [-0.39, 0.29) is 16.9 Å². The van der Waals surface area contributed by atoms with E-state index in [1.807, 2.05) is 0 Å². The Morgan fingerprint density at radius 3 is 2.90 bits per heavy atom. The third-order valence-corrected chi connectivity index (χ3v) is 2.72. The number of anilines is 1. The number of nitrogens with two attached hydrogens (primary N) is 1. The maximum Gasteiger partial charge on any atom is 0.294 e. The molecule has 0 unspecified atom stereocenters. The number of amides is 1. The summed E-state index contributed by atoms with van der Waals surface area (Å²) >= 11 is 0. The molecule has 110 valence electrons. The Labute approximate surface area is 118 Å². The van der Waals surface area contributed by atoms with Crippen molar-refractivity contribution in [1.82, 2.24) is 20.5 Å². The lowest BCUT2D eigenvalue weighted by Crippen LogP contribution is -2.26. The van der Waals surface area contributed by atoms with Crippen molar-refractivity contribution in [2.75, 3.05) is 12.0 Å². The second-order valence-corrected chi connectivity index (χ2v) is 4.07. The van der Waals surface area contributed by atoms with Crippen LogP contribution in [-0.4, -0.2) is 32.6 Å². The van der Waals surface area contributed by atoms with Crippen molar-refractivity contribution in [2.24, 2.45) is 5.84 Å². The number of carbonyl (C=O) groups is 1. The fourth-order valence-corrected chi connectivity index (χ4v) is 1.69. The van der Waals surface area contributed by atoms with Gasteiger partial charge in [-0.25, -0.2) is 4.98 Å². The summed E-state index contributed by atoms with van der Waals surface area (Å²) in [6, 6.07) is 3.99. The first-order chi connectivity index (χ1) is 10.1. The van der Waals surface area contributed by atoms with Crippen LogP contribution in [0.2, 0.25) is 0 Å². The number of nitro benzene ring substituents is 1. The maximum absolute atomic E-state index is 11.9. The van der Waals surface area contributed by atoms with Gasteiger partial charge in [-0.05, 0) is 12.1 Å². The van der Waals surface area contributed by atoms with E-state index in [2.05, 4.69) is 25.9 Å². The van der Waals surface area contributed by atoms with Gasteiger partial charge in [0.25, 0.3) is 11.6 Å². The number of hydrazine groups is 1. The average molecular weight is 291 g/mol. The zero-order valence-electron chi connectivity index (χ0n) is 10.9. The van der Waals surface area contributed by atoms with Gasteiger partial charge < -0.3 is 10.7 Å². The van der Waals surface area contributed by atoms with Gasteiger partial charge in [-0.3, -0.25) is 25.9 Å². The van der Waals surface area contributed by atoms with Crippen LogP contribution in [0.25, 0.3) is 0 Å². The Morgan fingerprint density at radius 2 is 2.29 bits per heavy atom. The van der Waals surface area contributed by atoms with E-state index >= 15 is 0 Å². The van der Waals surface area contributed by atoms with Crippen LogP contribution in [0.4, 0.5) is 11.4 Å². The summed E-state index contributed by atoms with van der Waals surface area (Å²) in [5.74, 6) is 5.40. The van der Waals surface area contributed by atoms with E-state index in [1.54, 1.807) is 0 Å². The third kappa shape index (κ3) is 3.51. The molecule has 0 saturated heterocycles. The summed E-state index contributed by atoms with van der Waals surface area (Å²) in [4.78, 5) is 26.1. The molecule has 1 aromatic heterocycles. The van der Waals surface area contributed by atoms with Crippen molar-refractivity contribution in [1.29, 1.82) is 0 Å². The van der Waals surface area contributed by atoms with E-state index in [0.717, 1.165) is 0 Å². The lowest BCUT2D eigenvalue weighted by Gasteiger charge is -2.06. The van der Waals surface area contributed by atoms with Gasteiger partial charge in [-0.1, -0.05) is 0 Å². The Kier molecular flexibility index (Phi) is 4.41. The molecule has 10 nitrogen and oxygen atoms in total. The van der Waals surface area contributed by atoms with Gasteiger partial charge in [0.2, 0.25) is 0 Å². The number of carbonyl (C=O) groups excluding carboxylic acids is 1. The molecule has 2 rings (SSSR count). The van der Waals surface area contributed by atoms with Gasteiger partial charge in [-0.2, -0.15) is 5.10 Å². The van der Waals surface area contributed by atoms with Crippen LogP contribution in [-0.2, 0) is 6.42 Å². The van der Waals surface area contributed by atoms with Crippen molar-refractivity contribution >= 4 is 17.3 Å². The number of hydrogen-bond donors (Lipinski definition) is 4. The number of aromatic nitrogens is 3.